The van der Waals surface area contributed by atoms with Crippen LogP contribution in [0.2, 0.25) is 0 Å². The largest absolute Gasteiger partial charge is 0.514 e. The zero-order chi connectivity index (χ0) is 42.1. The molecule has 6 atom stereocenters. The van der Waals surface area contributed by atoms with Crippen LogP contribution < -0.4 is 9.47 Å². The first kappa shape index (κ1) is 45.4. The van der Waals surface area contributed by atoms with Crippen LogP contribution in [0.5, 0.6) is 11.5 Å². The Morgan fingerprint density at radius 3 is 2.03 bits per heavy atom. The molecule has 1 saturated heterocycles. The number of piperidine rings is 1. The molecule has 2 aliphatic heterocycles. The summed E-state index contributed by atoms with van der Waals surface area (Å²) in [5.74, 6) is -1.56. The SMILES string of the molecule is CCCCCCCCCCCCCCCCCC(=O)O[C@@H](C)C(=O)O[C@@H](C)C(=O)OC1=CC[C@@]2(O)[C@H]3Cc4ccc(OC(=O)OC(C)(C)C)c5c4[C@@]2(CCN3C)[C@H]1O5. The Balaban J connectivity index is 1.08. The predicted octanol–water partition coefficient (Wildman–Crippen LogP) is 8.95. The highest BCUT2D eigenvalue weighted by atomic mass is 16.7. The van der Waals surface area contributed by atoms with Gasteiger partial charge >= 0.3 is 24.1 Å². The van der Waals surface area contributed by atoms with Crippen LogP contribution in [0, 0.1) is 0 Å². The van der Waals surface area contributed by atoms with Crippen LogP contribution in [0.3, 0.4) is 0 Å². The molecule has 2 aliphatic carbocycles. The van der Waals surface area contributed by atoms with E-state index in [1.807, 2.05) is 13.1 Å². The second-order valence-corrected chi connectivity index (χ2v) is 18.0. The third-order valence-corrected chi connectivity index (χ3v) is 12.4. The number of benzene rings is 1. The van der Waals surface area contributed by atoms with Gasteiger partial charge in [0, 0.05) is 24.4 Å². The molecule has 324 valence electrons. The quantitative estimate of drug-likeness (QED) is 0.0516. The Morgan fingerprint density at radius 2 is 1.43 bits per heavy atom. The number of aliphatic hydroxyl groups is 1. The van der Waals surface area contributed by atoms with Crippen molar-refractivity contribution in [2.75, 3.05) is 13.6 Å². The minimum absolute atomic E-state index is 0.146. The Bertz CT molecular complexity index is 1630. The molecule has 5 rings (SSSR count). The molecule has 12 heteroatoms. The zero-order valence-electron chi connectivity index (χ0n) is 36.2. The lowest BCUT2D eigenvalue weighted by molar-refractivity contribution is -0.180. The molecular weight excluding hydrogens is 743 g/mol. The monoisotopic (exact) mass is 811 g/mol. The van der Waals surface area contributed by atoms with Crippen LogP contribution in [-0.4, -0.2) is 83.2 Å². The molecule has 1 aromatic carbocycles. The molecular formula is C46H69NO11. The number of carbonyl (C=O) groups excluding carboxylic acids is 4. The number of nitrogens with zero attached hydrogens (tertiary/aromatic N) is 1. The summed E-state index contributed by atoms with van der Waals surface area (Å²) in [7, 11) is 1.99. The van der Waals surface area contributed by atoms with E-state index in [4.69, 9.17) is 28.4 Å². The summed E-state index contributed by atoms with van der Waals surface area (Å²) in [4.78, 5) is 53.8. The van der Waals surface area contributed by atoms with Crippen LogP contribution in [0.1, 0.15) is 168 Å². The number of rotatable bonds is 22. The van der Waals surface area contributed by atoms with Gasteiger partial charge in [0.2, 0.25) is 0 Å². The number of ether oxygens (including phenoxy) is 6. The number of likely N-dealkylation sites (tertiary alicyclic amines) is 1. The summed E-state index contributed by atoms with van der Waals surface area (Å²) < 4.78 is 34.3. The number of hydrogen-bond donors (Lipinski definition) is 1. The lowest BCUT2D eigenvalue weighted by atomic mass is 9.50. The van der Waals surface area contributed by atoms with Crippen LogP contribution in [0.4, 0.5) is 4.79 Å². The van der Waals surface area contributed by atoms with Crippen LogP contribution in [0.15, 0.2) is 24.0 Å². The summed E-state index contributed by atoms with van der Waals surface area (Å²) in [5, 5.41) is 12.5. The van der Waals surface area contributed by atoms with Crippen molar-refractivity contribution in [3.63, 3.8) is 0 Å². The molecule has 2 heterocycles. The minimum atomic E-state index is -1.33. The van der Waals surface area contributed by atoms with E-state index in [1.54, 1.807) is 32.9 Å². The molecule has 0 amide bonds. The fourth-order valence-corrected chi connectivity index (χ4v) is 9.33. The van der Waals surface area contributed by atoms with Gasteiger partial charge in [-0.25, -0.2) is 14.4 Å². The van der Waals surface area contributed by atoms with Crippen molar-refractivity contribution < 1.29 is 52.7 Å². The zero-order valence-corrected chi connectivity index (χ0v) is 36.2. The number of carbonyl (C=O) groups is 4. The fraction of sp³-hybridized carbons (Fsp3) is 0.739. The molecule has 0 unspecified atom stereocenters. The summed E-state index contributed by atoms with van der Waals surface area (Å²) in [6, 6.07) is 3.32. The third kappa shape index (κ3) is 10.6. The lowest BCUT2D eigenvalue weighted by Gasteiger charge is -2.61. The molecule has 2 bridgehead atoms. The molecule has 1 aromatic rings. The van der Waals surface area contributed by atoms with Gasteiger partial charge in [0.1, 0.15) is 11.4 Å². The molecule has 1 spiro atoms. The Kier molecular flexibility index (Phi) is 15.7. The molecule has 0 saturated carbocycles. The fourth-order valence-electron chi connectivity index (χ4n) is 9.33. The summed E-state index contributed by atoms with van der Waals surface area (Å²) in [6.07, 6.45) is 17.2. The Labute approximate surface area is 345 Å². The maximum absolute atomic E-state index is 13.5. The first-order valence-electron chi connectivity index (χ1n) is 22.1. The second-order valence-electron chi connectivity index (χ2n) is 18.0. The Hall–Kier alpha value is -3.64. The van der Waals surface area contributed by atoms with Crippen molar-refractivity contribution in [3.05, 3.63) is 35.1 Å². The smallest absolute Gasteiger partial charge is 0.477 e. The molecule has 0 radical (unpaired) electrons. The average Bonchev–Trinajstić information content (AvgIpc) is 3.52. The Morgan fingerprint density at radius 1 is 0.845 bits per heavy atom. The first-order valence-corrected chi connectivity index (χ1v) is 22.1. The molecule has 4 aliphatic rings. The highest BCUT2D eigenvalue weighted by Gasteiger charge is 2.72. The summed E-state index contributed by atoms with van der Waals surface area (Å²) in [6.45, 7) is 10.9. The maximum Gasteiger partial charge on any atom is 0.514 e. The van der Waals surface area contributed by atoms with Gasteiger partial charge in [-0.15, -0.1) is 0 Å². The lowest BCUT2D eigenvalue weighted by Crippen LogP contribution is -2.74. The van der Waals surface area contributed by atoms with Gasteiger partial charge in [0.25, 0.3) is 0 Å². The van der Waals surface area contributed by atoms with E-state index in [9.17, 15) is 24.3 Å². The van der Waals surface area contributed by atoms with Gasteiger partial charge in [-0.2, -0.15) is 0 Å². The van der Waals surface area contributed by atoms with Gasteiger partial charge < -0.3 is 38.4 Å². The molecule has 58 heavy (non-hydrogen) atoms. The second kappa shape index (κ2) is 20.1. The topological polar surface area (TPSA) is 147 Å². The molecule has 0 aromatic heterocycles. The average molecular weight is 812 g/mol. The van der Waals surface area contributed by atoms with Gasteiger partial charge in [-0.1, -0.05) is 103 Å². The van der Waals surface area contributed by atoms with Gasteiger partial charge in [0.05, 0.1) is 11.0 Å². The highest BCUT2D eigenvalue weighted by molar-refractivity contribution is 5.83. The van der Waals surface area contributed by atoms with E-state index in [0.29, 0.717) is 31.6 Å². The van der Waals surface area contributed by atoms with Gasteiger partial charge in [0.15, 0.2) is 29.8 Å². The standard InChI is InChI=1S/C46H69NO11/c1-8-9-10-11-12-13-14-15-16-17-18-19-20-21-22-23-37(48)53-31(2)41(49)54-32(3)42(50)55-35-26-27-46(52)36-30-33-24-25-34(56-43(51)58-44(4,5)6)39-38(33)45(46,40(35)57-39)28-29-47(36)7/h24-26,31-32,36,40,52H,8-23,27-30H2,1-7H3/t31-,32-,36+,40-,45-,46+/m0/s1. The van der Waals surface area contributed by atoms with E-state index >= 15 is 0 Å². The van der Waals surface area contributed by atoms with Crippen molar-refractivity contribution >= 4 is 24.1 Å². The van der Waals surface area contributed by atoms with Gasteiger partial charge in [-0.3, -0.25) is 4.79 Å². The molecule has 1 fully saturated rings. The van der Waals surface area contributed by atoms with Crippen LogP contribution >= 0.6 is 0 Å². The van der Waals surface area contributed by atoms with Crippen LogP contribution in [0.25, 0.3) is 0 Å². The predicted molar refractivity (Wildman–Crippen MR) is 219 cm³/mol. The number of hydrogen-bond acceptors (Lipinski definition) is 12. The molecule has 1 N–H and O–H groups in total. The van der Waals surface area contributed by atoms with E-state index in [2.05, 4.69) is 11.8 Å². The molecule has 12 nitrogen and oxygen atoms in total. The number of unbranched alkanes of at least 4 members (excludes halogenated alkanes) is 14. The number of esters is 3. The maximum atomic E-state index is 13.5. The van der Waals surface area contributed by atoms with Gasteiger partial charge in [-0.05, 0) is 85.2 Å². The van der Waals surface area contributed by atoms with E-state index in [1.165, 1.54) is 84.5 Å². The van der Waals surface area contributed by atoms with Crippen molar-refractivity contribution in [1.82, 2.24) is 4.90 Å². The highest BCUT2D eigenvalue weighted by Crippen LogP contribution is 2.65. The normalized spacial score (nSPS) is 24.1. The van der Waals surface area contributed by atoms with E-state index < -0.39 is 59.0 Å². The van der Waals surface area contributed by atoms with Crippen molar-refractivity contribution in [2.24, 2.45) is 0 Å². The van der Waals surface area contributed by atoms with Crippen molar-refractivity contribution in [3.8, 4) is 11.5 Å². The number of likely N-dealkylation sites (N-methyl/N-ethyl adjacent to an activating group) is 1. The minimum Gasteiger partial charge on any atom is -0.477 e. The summed E-state index contributed by atoms with van der Waals surface area (Å²) >= 11 is 0. The van der Waals surface area contributed by atoms with E-state index in [0.717, 1.165) is 30.4 Å². The first-order chi connectivity index (χ1) is 27.6. The summed E-state index contributed by atoms with van der Waals surface area (Å²) in [5.41, 5.74) is -1.36. The van der Waals surface area contributed by atoms with E-state index in [-0.39, 0.29) is 30.4 Å². The van der Waals surface area contributed by atoms with Crippen molar-refractivity contribution in [1.29, 1.82) is 0 Å². The third-order valence-electron chi connectivity index (χ3n) is 12.4. The van der Waals surface area contributed by atoms with Crippen LogP contribution in [-0.2, 0) is 45.2 Å². The van der Waals surface area contributed by atoms with Crippen molar-refractivity contribution in [2.45, 2.75) is 205 Å².